The maximum absolute atomic E-state index is 13.9. The predicted molar refractivity (Wildman–Crippen MR) is 243 cm³/mol. The van der Waals surface area contributed by atoms with Gasteiger partial charge in [-0.25, -0.2) is 10.9 Å². The van der Waals surface area contributed by atoms with E-state index in [9.17, 15) is 28.8 Å². The van der Waals surface area contributed by atoms with Gasteiger partial charge in [0.05, 0.1) is 5.69 Å². The smallest absolute Gasteiger partial charge is 0.271 e. The Morgan fingerprint density at radius 1 is 0.452 bits per heavy atom. The first kappa shape index (κ1) is 42.9. The number of anilines is 6. The van der Waals surface area contributed by atoms with Crippen LogP contribution in [0.2, 0.25) is 0 Å². The third-order valence-electron chi connectivity index (χ3n) is 9.02. The highest BCUT2D eigenvalue weighted by molar-refractivity contribution is 6.14. The fourth-order valence-electron chi connectivity index (χ4n) is 5.93. The molecule has 6 amide bonds. The van der Waals surface area contributed by atoms with Crippen molar-refractivity contribution in [2.24, 2.45) is 5.84 Å². The van der Waals surface area contributed by atoms with Gasteiger partial charge in [-0.05, 0) is 104 Å². The second-order valence-corrected chi connectivity index (χ2v) is 13.6. The molecule has 62 heavy (non-hydrogen) atoms. The Morgan fingerprint density at radius 3 is 1.19 bits per heavy atom. The number of hydrogen-bond acceptors (Lipinski definition) is 7. The molecule has 0 spiro atoms. The molecule has 0 unspecified atom stereocenters. The van der Waals surface area contributed by atoms with Crippen molar-refractivity contribution in [2.75, 3.05) is 31.6 Å². The lowest BCUT2D eigenvalue weighted by Gasteiger charge is -2.18. The molecule has 0 aliphatic rings. The molecular weight excluding hydrogens is 783 g/mol. The summed E-state index contributed by atoms with van der Waals surface area (Å²) in [5.41, 5.74) is 2.91. The van der Waals surface area contributed by atoms with E-state index in [0.717, 1.165) is 5.01 Å². The lowest BCUT2D eigenvalue weighted by molar-refractivity contribution is -0.114. The number of rotatable bonds is 14. The molecule has 13 heteroatoms. The van der Waals surface area contributed by atoms with E-state index in [1.54, 1.807) is 146 Å². The number of amides is 6. The zero-order chi connectivity index (χ0) is 44.0. The van der Waals surface area contributed by atoms with Crippen LogP contribution in [-0.2, 0) is 4.79 Å². The number of allylic oxidation sites excluding steroid dienone is 3. The van der Waals surface area contributed by atoms with E-state index in [2.05, 4.69) is 33.2 Å². The molecule has 13 nitrogen and oxygen atoms in total. The summed E-state index contributed by atoms with van der Waals surface area (Å²) in [5, 5.41) is 14.8. The van der Waals surface area contributed by atoms with Gasteiger partial charge in [0.2, 0.25) is 0 Å². The Bertz CT molecular complexity index is 2600. The normalized spacial score (nSPS) is 10.7. The standard InChI is InChI=1S/C49H41N7O6/c1-3-4-7-15-32(2)49(62)56(50)43-25-14-24-42(31-43)55-48(61)37-27-35(46(59)53-40-22-12-20-38(29-40)51-44(57)33-16-8-5-9-17-33)26-36(28-37)47(60)54-41-23-13-21-39(30-41)52-45(58)34-18-10-6-11-19-34/h3-31H,2,50H2,1H3,(H,51,57)(H,52,58)(H,53,59)(H,54,60)(H,55,61). The fourth-order valence-corrected chi connectivity index (χ4v) is 5.93. The molecule has 0 heterocycles. The number of carbonyl (C=O) groups is 6. The van der Waals surface area contributed by atoms with Gasteiger partial charge < -0.3 is 26.6 Å². The highest BCUT2D eigenvalue weighted by atomic mass is 16.2. The lowest BCUT2D eigenvalue weighted by atomic mass is 10.0. The van der Waals surface area contributed by atoms with Crippen LogP contribution in [0.1, 0.15) is 58.7 Å². The fraction of sp³-hybridized carbons (Fsp3) is 0.0204. The third kappa shape index (κ3) is 11.5. The largest absolute Gasteiger partial charge is 0.322 e. The molecule has 7 N–H and O–H groups in total. The Morgan fingerprint density at radius 2 is 0.806 bits per heavy atom. The molecule has 0 saturated heterocycles. The molecule has 0 saturated carbocycles. The van der Waals surface area contributed by atoms with Crippen LogP contribution in [0.4, 0.5) is 34.1 Å². The van der Waals surface area contributed by atoms with Gasteiger partial charge >= 0.3 is 0 Å². The van der Waals surface area contributed by atoms with E-state index < -0.39 is 23.6 Å². The van der Waals surface area contributed by atoms with E-state index >= 15 is 0 Å². The topological polar surface area (TPSA) is 192 Å². The predicted octanol–water partition coefficient (Wildman–Crippen LogP) is 8.84. The van der Waals surface area contributed by atoms with Gasteiger partial charge in [-0.1, -0.05) is 85.5 Å². The van der Waals surface area contributed by atoms with Crippen molar-refractivity contribution in [3.63, 3.8) is 0 Å². The first-order valence-corrected chi connectivity index (χ1v) is 19.2. The van der Waals surface area contributed by atoms with Crippen LogP contribution in [0.3, 0.4) is 0 Å². The molecule has 308 valence electrons. The molecule has 0 fully saturated rings. The van der Waals surface area contributed by atoms with Crippen molar-refractivity contribution in [1.82, 2.24) is 0 Å². The van der Waals surface area contributed by atoms with Crippen LogP contribution in [0.5, 0.6) is 0 Å². The number of nitrogens with one attached hydrogen (secondary N) is 5. The van der Waals surface area contributed by atoms with Crippen LogP contribution in [0.25, 0.3) is 0 Å². The van der Waals surface area contributed by atoms with Crippen molar-refractivity contribution in [3.8, 4) is 0 Å². The summed E-state index contributed by atoms with van der Waals surface area (Å²) in [4.78, 5) is 80.1. The molecule has 0 aromatic heterocycles. The highest BCUT2D eigenvalue weighted by Crippen LogP contribution is 2.23. The lowest BCUT2D eigenvalue weighted by Crippen LogP contribution is -2.38. The van der Waals surface area contributed by atoms with E-state index in [1.165, 1.54) is 30.3 Å². The van der Waals surface area contributed by atoms with Gasteiger partial charge in [-0.2, -0.15) is 0 Å². The van der Waals surface area contributed by atoms with Gasteiger partial charge in [-0.3, -0.25) is 28.8 Å². The molecule has 6 aromatic carbocycles. The maximum atomic E-state index is 13.9. The van der Waals surface area contributed by atoms with E-state index in [4.69, 9.17) is 5.84 Å². The molecule has 0 atom stereocenters. The summed E-state index contributed by atoms with van der Waals surface area (Å²) in [7, 11) is 0. The Hall–Kier alpha value is -8.68. The SMILES string of the molecule is C=C(C=CC=CC)C(=O)N(N)c1cccc(NC(=O)c2cc(C(=O)Nc3cccc(NC(=O)c4ccccc4)c3)cc(C(=O)Nc3cccc(NC(=O)c4ccccc4)c3)c2)c1. The van der Waals surface area contributed by atoms with Crippen molar-refractivity contribution < 1.29 is 28.8 Å². The quantitative estimate of drug-likeness (QED) is 0.0208. The van der Waals surface area contributed by atoms with Crippen LogP contribution in [-0.4, -0.2) is 35.4 Å². The average molecular weight is 824 g/mol. The summed E-state index contributed by atoms with van der Waals surface area (Å²) >= 11 is 0. The van der Waals surface area contributed by atoms with Crippen molar-refractivity contribution >= 4 is 69.6 Å². The summed E-state index contributed by atoms with van der Waals surface area (Å²) in [6, 6.07) is 40.5. The Balaban J connectivity index is 1.25. The number of hydrazine groups is 1. The number of benzene rings is 6. The summed E-state index contributed by atoms with van der Waals surface area (Å²) in [6.07, 6.45) is 6.70. The van der Waals surface area contributed by atoms with Gasteiger partial charge in [0.15, 0.2) is 0 Å². The number of hydrogen-bond donors (Lipinski definition) is 6. The second kappa shape index (κ2) is 20.3. The van der Waals surface area contributed by atoms with E-state index in [-0.39, 0.29) is 45.5 Å². The zero-order valence-electron chi connectivity index (χ0n) is 33.4. The summed E-state index contributed by atoms with van der Waals surface area (Å²) in [5.74, 6) is 2.88. The van der Waals surface area contributed by atoms with Crippen LogP contribution >= 0.6 is 0 Å². The zero-order valence-corrected chi connectivity index (χ0v) is 33.4. The van der Waals surface area contributed by atoms with Gasteiger partial charge in [-0.15, -0.1) is 0 Å². The van der Waals surface area contributed by atoms with E-state index in [0.29, 0.717) is 33.9 Å². The van der Waals surface area contributed by atoms with Crippen LogP contribution in [0.15, 0.2) is 188 Å². The molecule has 0 aliphatic carbocycles. The third-order valence-corrected chi connectivity index (χ3v) is 9.02. The van der Waals surface area contributed by atoms with Crippen LogP contribution < -0.4 is 37.4 Å². The summed E-state index contributed by atoms with van der Waals surface area (Å²) < 4.78 is 0. The number of nitrogens with two attached hydrogens (primary N) is 1. The van der Waals surface area contributed by atoms with Crippen molar-refractivity contribution in [1.29, 1.82) is 0 Å². The Labute approximate surface area is 357 Å². The molecular formula is C49H41N7O6. The highest BCUT2D eigenvalue weighted by Gasteiger charge is 2.20. The van der Waals surface area contributed by atoms with Gasteiger partial charge in [0.1, 0.15) is 0 Å². The summed E-state index contributed by atoms with van der Waals surface area (Å²) in [6.45, 7) is 5.61. The monoisotopic (exact) mass is 823 g/mol. The molecule has 0 bridgehead atoms. The minimum atomic E-state index is -0.685. The molecule has 0 radical (unpaired) electrons. The Kier molecular flexibility index (Phi) is 14.1. The first-order chi connectivity index (χ1) is 30.0. The van der Waals surface area contributed by atoms with Gasteiger partial charge in [0.25, 0.3) is 35.4 Å². The average Bonchev–Trinajstić information content (AvgIpc) is 3.29. The number of carbonyl (C=O) groups excluding carboxylic acids is 6. The van der Waals surface area contributed by atoms with Gasteiger partial charge in [0, 0.05) is 61.8 Å². The molecule has 6 rings (SSSR count). The molecule has 6 aromatic rings. The van der Waals surface area contributed by atoms with Crippen molar-refractivity contribution in [2.45, 2.75) is 6.92 Å². The van der Waals surface area contributed by atoms with Crippen LogP contribution in [0, 0.1) is 0 Å². The minimum absolute atomic E-state index is 0.0395. The second-order valence-electron chi connectivity index (χ2n) is 13.6. The van der Waals surface area contributed by atoms with Crippen molar-refractivity contribution in [3.05, 3.63) is 216 Å². The number of nitrogens with zero attached hydrogens (tertiary/aromatic N) is 1. The van der Waals surface area contributed by atoms with E-state index in [1.807, 2.05) is 6.92 Å². The first-order valence-electron chi connectivity index (χ1n) is 19.2. The minimum Gasteiger partial charge on any atom is -0.322 e. The molecule has 0 aliphatic heterocycles. The maximum Gasteiger partial charge on any atom is 0.271 e.